The first kappa shape index (κ1) is 20.0. The second-order valence-electron chi connectivity index (χ2n) is 7.09. The number of rotatable bonds is 8. The molecule has 1 aliphatic heterocycles. The molecule has 1 fully saturated rings. The molecule has 3 aromatic rings. The number of ether oxygens (including phenoxy) is 2. The lowest BCUT2D eigenvalue weighted by Gasteiger charge is -2.35. The van der Waals surface area contributed by atoms with Crippen molar-refractivity contribution in [1.82, 2.24) is 19.9 Å². The molecular weight excluding hydrogens is 388 g/mol. The molecule has 0 spiro atoms. The van der Waals surface area contributed by atoms with E-state index in [4.69, 9.17) is 14.0 Å². The van der Waals surface area contributed by atoms with Crippen molar-refractivity contribution in [2.45, 2.75) is 12.6 Å². The summed E-state index contributed by atoms with van der Waals surface area (Å²) < 4.78 is 16.5. The van der Waals surface area contributed by atoms with E-state index in [2.05, 4.69) is 44.5 Å². The van der Waals surface area contributed by atoms with E-state index in [0.29, 0.717) is 24.3 Å². The molecule has 1 unspecified atom stereocenters. The summed E-state index contributed by atoms with van der Waals surface area (Å²) in [6, 6.07) is 12.4. The zero-order valence-electron chi connectivity index (χ0n) is 16.8. The molecule has 1 atom stereocenters. The summed E-state index contributed by atoms with van der Waals surface area (Å²) in [5, 5.41) is 6.29. The second-order valence-corrected chi connectivity index (χ2v) is 8.07. The number of likely N-dealkylation sites (N-methyl/N-ethyl adjacent to an activating group) is 1. The van der Waals surface area contributed by atoms with Crippen molar-refractivity contribution in [3.63, 3.8) is 0 Å². The first-order chi connectivity index (χ1) is 14.2. The molecule has 3 heterocycles. The Morgan fingerprint density at radius 1 is 1.21 bits per heavy atom. The average molecular weight is 415 g/mol. The molecule has 7 nitrogen and oxygen atoms in total. The molecule has 0 saturated carbocycles. The molecule has 0 aliphatic carbocycles. The van der Waals surface area contributed by atoms with Gasteiger partial charge in [0.1, 0.15) is 5.75 Å². The van der Waals surface area contributed by atoms with Gasteiger partial charge in [-0.25, -0.2) is 0 Å². The van der Waals surface area contributed by atoms with Crippen molar-refractivity contribution in [2.24, 2.45) is 0 Å². The second kappa shape index (κ2) is 9.49. The largest absolute Gasteiger partial charge is 0.496 e. The van der Waals surface area contributed by atoms with E-state index in [0.717, 1.165) is 44.2 Å². The summed E-state index contributed by atoms with van der Waals surface area (Å²) in [4.78, 5) is 10.7. The van der Waals surface area contributed by atoms with E-state index in [1.54, 1.807) is 18.4 Å². The molecule has 0 amide bonds. The van der Waals surface area contributed by atoms with Crippen LogP contribution in [0.25, 0.3) is 11.4 Å². The summed E-state index contributed by atoms with van der Waals surface area (Å²) in [5.74, 6) is 1.88. The zero-order valence-corrected chi connectivity index (χ0v) is 17.6. The number of nitrogens with zero attached hydrogens (tertiary/aromatic N) is 4. The van der Waals surface area contributed by atoms with Crippen molar-refractivity contribution in [3.8, 4) is 17.1 Å². The fourth-order valence-electron chi connectivity index (χ4n) is 3.60. The van der Waals surface area contributed by atoms with Crippen molar-refractivity contribution in [1.29, 1.82) is 0 Å². The zero-order chi connectivity index (χ0) is 20.1. The van der Waals surface area contributed by atoms with Gasteiger partial charge in [-0.05, 0) is 30.6 Å². The van der Waals surface area contributed by atoms with Gasteiger partial charge < -0.3 is 14.0 Å². The molecule has 2 aromatic heterocycles. The highest BCUT2D eigenvalue weighted by Gasteiger charge is 2.25. The minimum atomic E-state index is 0.334. The Balaban J connectivity index is 1.44. The highest BCUT2D eigenvalue weighted by atomic mass is 32.1. The Morgan fingerprint density at radius 3 is 2.79 bits per heavy atom. The Hall–Kier alpha value is -2.26. The minimum Gasteiger partial charge on any atom is -0.496 e. The first-order valence-electron chi connectivity index (χ1n) is 9.74. The van der Waals surface area contributed by atoms with Gasteiger partial charge in [-0.2, -0.15) is 4.98 Å². The van der Waals surface area contributed by atoms with Crippen molar-refractivity contribution in [2.75, 3.05) is 47.0 Å². The van der Waals surface area contributed by atoms with Gasteiger partial charge in [0, 0.05) is 24.5 Å². The van der Waals surface area contributed by atoms with Gasteiger partial charge in [0.2, 0.25) is 11.7 Å². The third-order valence-corrected chi connectivity index (χ3v) is 6.04. The maximum Gasteiger partial charge on any atom is 0.241 e. The van der Waals surface area contributed by atoms with Crippen molar-refractivity contribution >= 4 is 11.3 Å². The van der Waals surface area contributed by atoms with E-state index in [-0.39, 0.29) is 0 Å². The third-order valence-electron chi connectivity index (χ3n) is 5.06. The number of hydrogen-bond donors (Lipinski definition) is 0. The monoisotopic (exact) mass is 414 g/mol. The summed E-state index contributed by atoms with van der Waals surface area (Å²) in [6.45, 7) is 4.96. The van der Waals surface area contributed by atoms with Crippen LogP contribution in [0.2, 0.25) is 0 Å². The Labute approximate surface area is 174 Å². The van der Waals surface area contributed by atoms with E-state index in [9.17, 15) is 0 Å². The molecule has 0 radical (unpaired) electrons. The molecule has 1 aromatic carbocycles. The fraction of sp³-hybridized carbons (Fsp3) is 0.429. The maximum atomic E-state index is 5.54. The van der Waals surface area contributed by atoms with Crippen LogP contribution in [0.3, 0.4) is 0 Å². The molecule has 1 aliphatic rings. The number of hydrogen-bond acceptors (Lipinski definition) is 8. The lowest BCUT2D eigenvalue weighted by molar-refractivity contribution is 0.00908. The standard InChI is InChI=1S/C21H26N4O3S/c1-24(14-17(19-8-5-13-29-19)25-9-11-27-12-10-25)15-20-22-21(23-28-20)16-6-3-4-7-18(16)26-2/h3-8,13,17H,9-12,14-15H2,1-2H3. The number of benzene rings is 1. The normalized spacial score (nSPS) is 16.2. The van der Waals surface area contributed by atoms with Gasteiger partial charge in [0.25, 0.3) is 0 Å². The molecule has 154 valence electrons. The van der Waals surface area contributed by atoms with Crippen LogP contribution in [0.15, 0.2) is 46.3 Å². The lowest BCUT2D eigenvalue weighted by Crippen LogP contribution is -2.42. The van der Waals surface area contributed by atoms with E-state index >= 15 is 0 Å². The summed E-state index contributed by atoms with van der Waals surface area (Å²) in [5.41, 5.74) is 0.831. The molecule has 8 heteroatoms. The topological polar surface area (TPSA) is 63.9 Å². The van der Waals surface area contributed by atoms with Gasteiger partial charge in [-0.1, -0.05) is 23.4 Å². The number of methoxy groups -OCH3 is 1. The van der Waals surface area contributed by atoms with Crippen molar-refractivity contribution < 1.29 is 14.0 Å². The van der Waals surface area contributed by atoms with Crippen LogP contribution in [0.4, 0.5) is 0 Å². The van der Waals surface area contributed by atoms with Crippen LogP contribution in [0, 0.1) is 0 Å². The van der Waals surface area contributed by atoms with Crippen LogP contribution < -0.4 is 4.74 Å². The highest BCUT2D eigenvalue weighted by molar-refractivity contribution is 7.10. The summed E-state index contributed by atoms with van der Waals surface area (Å²) in [6.07, 6.45) is 0. The third kappa shape index (κ3) is 4.84. The maximum absolute atomic E-state index is 5.54. The highest BCUT2D eigenvalue weighted by Crippen LogP contribution is 2.29. The van der Waals surface area contributed by atoms with Crippen molar-refractivity contribution in [3.05, 3.63) is 52.5 Å². The van der Waals surface area contributed by atoms with E-state index in [1.165, 1.54) is 4.88 Å². The number of para-hydroxylation sites is 1. The van der Waals surface area contributed by atoms with E-state index in [1.807, 2.05) is 24.3 Å². The molecular formula is C21H26N4O3S. The molecule has 29 heavy (non-hydrogen) atoms. The lowest BCUT2D eigenvalue weighted by atomic mass is 10.1. The van der Waals surface area contributed by atoms with Gasteiger partial charge in [-0.15, -0.1) is 11.3 Å². The minimum absolute atomic E-state index is 0.334. The Kier molecular flexibility index (Phi) is 6.56. The fourth-order valence-corrected chi connectivity index (χ4v) is 4.46. The van der Waals surface area contributed by atoms with Crippen LogP contribution in [0.1, 0.15) is 16.8 Å². The van der Waals surface area contributed by atoms with Gasteiger partial charge in [0.05, 0.1) is 38.5 Å². The summed E-state index contributed by atoms with van der Waals surface area (Å²) >= 11 is 1.80. The van der Waals surface area contributed by atoms with E-state index < -0.39 is 0 Å². The van der Waals surface area contributed by atoms with Crippen LogP contribution >= 0.6 is 11.3 Å². The number of thiophene rings is 1. The smallest absolute Gasteiger partial charge is 0.241 e. The summed E-state index contributed by atoms with van der Waals surface area (Å²) in [7, 11) is 3.73. The van der Waals surface area contributed by atoms with Crippen LogP contribution in [0.5, 0.6) is 5.75 Å². The van der Waals surface area contributed by atoms with Gasteiger partial charge in [-0.3, -0.25) is 9.80 Å². The Morgan fingerprint density at radius 2 is 2.03 bits per heavy atom. The molecule has 0 N–H and O–H groups in total. The SMILES string of the molecule is COc1ccccc1-c1noc(CN(C)CC(c2cccs2)N2CCOCC2)n1. The predicted molar refractivity (Wildman–Crippen MR) is 112 cm³/mol. The van der Waals surface area contributed by atoms with Gasteiger partial charge >= 0.3 is 0 Å². The molecule has 4 rings (SSSR count). The predicted octanol–water partition coefficient (Wildman–Crippen LogP) is 3.31. The average Bonchev–Trinajstić information content (AvgIpc) is 3.45. The Bertz CT molecular complexity index is 893. The molecule has 0 bridgehead atoms. The van der Waals surface area contributed by atoms with Crippen LogP contribution in [-0.2, 0) is 11.3 Å². The van der Waals surface area contributed by atoms with Crippen LogP contribution in [-0.4, -0.2) is 66.9 Å². The van der Waals surface area contributed by atoms with Gasteiger partial charge in [0.15, 0.2) is 0 Å². The number of aromatic nitrogens is 2. The number of morpholine rings is 1. The quantitative estimate of drug-likeness (QED) is 0.560. The molecule has 1 saturated heterocycles. The first-order valence-corrected chi connectivity index (χ1v) is 10.6.